The van der Waals surface area contributed by atoms with E-state index < -0.39 is 0 Å². The zero-order valence-corrected chi connectivity index (χ0v) is 26.9. The Balaban J connectivity index is 1.07. The number of rotatable bonds is 3. The SMILES string of the molecule is c1ccc(-c2nc(-n3c4ccccc4c4cc(-c5cc6c7c(c5)Oc5cccc8c5N7c5c(cccc5O6)O8)ccc43)c3ccccc3n2)cc1. The summed E-state index contributed by atoms with van der Waals surface area (Å²) in [5.74, 6) is 6.02. The van der Waals surface area contributed by atoms with Crippen molar-refractivity contribution in [2.75, 3.05) is 4.90 Å². The summed E-state index contributed by atoms with van der Waals surface area (Å²) in [5, 5.41) is 3.25. The van der Waals surface area contributed by atoms with Crippen LogP contribution in [0.25, 0.3) is 61.0 Å². The highest BCUT2D eigenvalue weighted by atomic mass is 16.5. The van der Waals surface area contributed by atoms with Gasteiger partial charge in [0.1, 0.15) is 22.9 Å². The summed E-state index contributed by atoms with van der Waals surface area (Å²) < 4.78 is 21.8. The molecule has 5 heterocycles. The van der Waals surface area contributed by atoms with Gasteiger partial charge in [-0.1, -0.05) is 78.9 Å². The van der Waals surface area contributed by atoms with Gasteiger partial charge in [0.05, 0.1) is 16.6 Å². The van der Waals surface area contributed by atoms with E-state index in [2.05, 4.69) is 88.3 Å². The first-order chi connectivity index (χ1) is 25.3. The van der Waals surface area contributed by atoms with E-state index in [1.807, 2.05) is 66.7 Å². The minimum absolute atomic E-state index is 0.692. The van der Waals surface area contributed by atoms with Crippen LogP contribution >= 0.6 is 0 Å². The maximum atomic E-state index is 6.60. The van der Waals surface area contributed by atoms with Crippen molar-refractivity contribution >= 4 is 49.8 Å². The number of benzene rings is 7. The number of fused-ring (bicyclic) bond motifs is 4. The molecule has 0 bridgehead atoms. The second kappa shape index (κ2) is 9.74. The van der Waals surface area contributed by atoms with Crippen molar-refractivity contribution in [1.29, 1.82) is 0 Å². The molecule has 0 amide bonds. The third-order valence-corrected chi connectivity index (χ3v) is 10.1. The highest BCUT2D eigenvalue weighted by Gasteiger charge is 2.41. The van der Waals surface area contributed by atoms with Gasteiger partial charge >= 0.3 is 0 Å². The van der Waals surface area contributed by atoms with Crippen LogP contribution < -0.4 is 19.1 Å². The molecule has 0 N–H and O–H groups in total. The van der Waals surface area contributed by atoms with E-state index >= 15 is 0 Å². The van der Waals surface area contributed by atoms with Crippen molar-refractivity contribution in [1.82, 2.24) is 14.5 Å². The van der Waals surface area contributed by atoms with Gasteiger partial charge in [0.15, 0.2) is 40.3 Å². The summed E-state index contributed by atoms with van der Waals surface area (Å²) in [6.45, 7) is 0. The van der Waals surface area contributed by atoms with Crippen LogP contribution in [0.1, 0.15) is 0 Å². The van der Waals surface area contributed by atoms with Gasteiger partial charge in [-0.2, -0.15) is 0 Å². The molecule has 2 aromatic heterocycles. The Morgan fingerprint density at radius 3 is 1.71 bits per heavy atom. The number of anilines is 3. The van der Waals surface area contributed by atoms with Gasteiger partial charge in [-0.05, 0) is 77.9 Å². The van der Waals surface area contributed by atoms with Gasteiger partial charge in [-0.15, -0.1) is 0 Å². The Bertz CT molecular complexity index is 2890. The lowest BCUT2D eigenvalue weighted by atomic mass is 9.98. The lowest BCUT2D eigenvalue weighted by molar-refractivity contribution is 0.418. The average molecular weight is 657 g/mol. The first-order valence-electron chi connectivity index (χ1n) is 16.9. The minimum atomic E-state index is 0.692. The molecule has 51 heavy (non-hydrogen) atoms. The van der Waals surface area contributed by atoms with Gasteiger partial charge in [-0.25, -0.2) is 9.97 Å². The first-order valence-corrected chi connectivity index (χ1v) is 16.9. The van der Waals surface area contributed by atoms with Crippen LogP contribution in [0, 0.1) is 0 Å². The normalized spacial score (nSPS) is 13.1. The molecule has 0 atom stereocenters. The number of hydrogen-bond donors (Lipinski definition) is 0. The van der Waals surface area contributed by atoms with E-state index in [0.717, 1.165) is 107 Å². The van der Waals surface area contributed by atoms with E-state index in [-0.39, 0.29) is 0 Å². The lowest BCUT2D eigenvalue weighted by Crippen LogP contribution is -2.23. The topological polar surface area (TPSA) is 61.6 Å². The highest BCUT2D eigenvalue weighted by Crippen LogP contribution is 2.66. The molecule has 9 aromatic rings. The number of ether oxygens (including phenoxy) is 3. The fraction of sp³-hybridized carbons (Fsp3) is 0. The van der Waals surface area contributed by atoms with Crippen molar-refractivity contribution in [2.24, 2.45) is 0 Å². The molecule has 7 heteroatoms. The van der Waals surface area contributed by atoms with Gasteiger partial charge in [0.25, 0.3) is 0 Å². The molecule has 7 nitrogen and oxygen atoms in total. The van der Waals surface area contributed by atoms with Crippen molar-refractivity contribution in [3.63, 3.8) is 0 Å². The van der Waals surface area contributed by atoms with E-state index in [9.17, 15) is 0 Å². The maximum absolute atomic E-state index is 6.60. The molecule has 12 rings (SSSR count). The Kier molecular flexibility index (Phi) is 5.12. The van der Waals surface area contributed by atoms with Gasteiger partial charge in [-0.3, -0.25) is 9.47 Å². The molecule has 0 aliphatic carbocycles. The van der Waals surface area contributed by atoms with Crippen LogP contribution in [0.2, 0.25) is 0 Å². The van der Waals surface area contributed by atoms with Crippen LogP contribution in [0.3, 0.4) is 0 Å². The van der Waals surface area contributed by atoms with Crippen molar-refractivity contribution < 1.29 is 14.2 Å². The van der Waals surface area contributed by atoms with E-state index in [1.165, 1.54) is 0 Å². The van der Waals surface area contributed by atoms with Crippen LogP contribution in [-0.2, 0) is 0 Å². The van der Waals surface area contributed by atoms with Gasteiger partial charge in [0, 0.05) is 21.7 Å². The third kappa shape index (κ3) is 3.66. The van der Waals surface area contributed by atoms with Gasteiger partial charge < -0.3 is 14.2 Å². The van der Waals surface area contributed by atoms with Crippen molar-refractivity contribution in [3.05, 3.63) is 146 Å². The third-order valence-electron chi connectivity index (χ3n) is 10.1. The molecule has 0 radical (unpaired) electrons. The van der Waals surface area contributed by atoms with Crippen LogP contribution in [-0.4, -0.2) is 14.5 Å². The van der Waals surface area contributed by atoms with Crippen molar-refractivity contribution in [2.45, 2.75) is 0 Å². The predicted octanol–water partition coefficient (Wildman–Crippen LogP) is 11.8. The standard InChI is InChI=1S/C44H24N4O3/c1-2-10-25(11-3-1)43-45-31-14-6-4-13-29(31)44(46-43)47-32-15-7-5-12-28(32)30-22-26(20-21-33(30)47)27-23-38-42-39(24-27)51-37-19-9-17-35-41(37)48(42)40-34(49-35)16-8-18-36(40)50-38/h1-24H. The molecule has 3 aliphatic rings. The monoisotopic (exact) mass is 656 g/mol. The molecular weight excluding hydrogens is 633 g/mol. The van der Waals surface area contributed by atoms with Crippen LogP contribution in [0.15, 0.2) is 146 Å². The van der Waals surface area contributed by atoms with Crippen molar-refractivity contribution in [3.8, 4) is 62.8 Å². The Morgan fingerprint density at radius 1 is 0.392 bits per heavy atom. The molecule has 238 valence electrons. The Hall–Kier alpha value is -7.12. The number of aromatic nitrogens is 3. The molecule has 3 aliphatic heterocycles. The summed E-state index contributed by atoms with van der Waals surface area (Å²) in [6.07, 6.45) is 0. The van der Waals surface area contributed by atoms with Crippen LogP contribution in [0.5, 0.6) is 34.5 Å². The molecule has 0 saturated heterocycles. The molecule has 0 saturated carbocycles. The first kappa shape index (κ1) is 26.8. The Morgan fingerprint density at radius 2 is 0.980 bits per heavy atom. The molecule has 0 spiro atoms. The smallest absolute Gasteiger partial charge is 0.162 e. The summed E-state index contributed by atoms with van der Waals surface area (Å²) in [7, 11) is 0. The van der Waals surface area contributed by atoms with Crippen LogP contribution in [0.4, 0.5) is 17.1 Å². The zero-order valence-electron chi connectivity index (χ0n) is 26.9. The number of nitrogens with zero attached hydrogens (tertiary/aromatic N) is 4. The number of para-hydroxylation sites is 4. The largest absolute Gasteiger partial charge is 0.453 e. The predicted molar refractivity (Wildman–Crippen MR) is 200 cm³/mol. The average Bonchev–Trinajstić information content (AvgIpc) is 3.51. The fourth-order valence-corrected chi connectivity index (χ4v) is 7.92. The fourth-order valence-electron chi connectivity index (χ4n) is 7.92. The summed E-state index contributed by atoms with van der Waals surface area (Å²) in [5.41, 5.74) is 8.72. The summed E-state index contributed by atoms with van der Waals surface area (Å²) in [4.78, 5) is 12.4. The van der Waals surface area contributed by atoms with E-state index in [4.69, 9.17) is 24.2 Å². The number of hydrogen-bond acceptors (Lipinski definition) is 6. The molecule has 0 unspecified atom stereocenters. The Labute approximate surface area is 291 Å². The minimum Gasteiger partial charge on any atom is -0.453 e. The molecular formula is C44H24N4O3. The molecule has 7 aromatic carbocycles. The quantitative estimate of drug-likeness (QED) is 0.189. The summed E-state index contributed by atoms with van der Waals surface area (Å²) in [6, 6.07) is 49.7. The van der Waals surface area contributed by atoms with E-state index in [1.54, 1.807) is 0 Å². The second-order valence-corrected chi connectivity index (χ2v) is 13.0. The zero-order chi connectivity index (χ0) is 33.2. The lowest BCUT2D eigenvalue weighted by Gasteiger charge is -2.41. The maximum Gasteiger partial charge on any atom is 0.162 e. The highest BCUT2D eigenvalue weighted by molar-refractivity contribution is 6.11. The van der Waals surface area contributed by atoms with Gasteiger partial charge in [0.2, 0.25) is 0 Å². The molecule has 0 fully saturated rings. The second-order valence-electron chi connectivity index (χ2n) is 13.0. The van der Waals surface area contributed by atoms with E-state index in [0.29, 0.717) is 5.82 Å². The summed E-state index contributed by atoms with van der Waals surface area (Å²) >= 11 is 0.